The van der Waals surface area contributed by atoms with Gasteiger partial charge in [-0.2, -0.15) is 5.26 Å². The topological polar surface area (TPSA) is 57.9 Å². The highest BCUT2D eigenvalue weighted by molar-refractivity contribution is 6.01. The lowest BCUT2D eigenvalue weighted by Gasteiger charge is -2.15. The number of methoxy groups -OCH3 is 1. The first-order chi connectivity index (χ1) is 12.7. The summed E-state index contributed by atoms with van der Waals surface area (Å²) in [7, 11) is 1.60. The van der Waals surface area contributed by atoms with Gasteiger partial charge in [-0.3, -0.25) is 4.98 Å². The number of ether oxygens (including phenoxy) is 1. The lowest BCUT2D eigenvalue weighted by molar-refractivity contribution is 0.415. The zero-order valence-corrected chi connectivity index (χ0v) is 14.1. The Morgan fingerprint density at radius 1 is 1.04 bits per heavy atom. The first-order valence-electron chi connectivity index (χ1n) is 7.93. The van der Waals surface area contributed by atoms with E-state index in [-0.39, 0.29) is 5.82 Å². The van der Waals surface area contributed by atoms with Crippen LogP contribution in [-0.2, 0) is 0 Å². The zero-order chi connectivity index (χ0) is 18.4. The average molecular weight is 345 g/mol. The summed E-state index contributed by atoms with van der Waals surface area (Å²) < 4.78 is 18.5. The number of anilines is 1. The maximum Gasteiger partial charge on any atom is 0.123 e. The number of pyridine rings is 1. The Kier molecular flexibility index (Phi) is 5.25. The van der Waals surface area contributed by atoms with E-state index in [0.29, 0.717) is 22.4 Å². The van der Waals surface area contributed by atoms with Gasteiger partial charge in [-0.05, 0) is 60.2 Å². The minimum absolute atomic E-state index is 0.336. The number of benzene rings is 2. The molecule has 3 rings (SSSR count). The van der Waals surface area contributed by atoms with E-state index in [0.717, 1.165) is 11.4 Å². The van der Waals surface area contributed by atoms with Crippen LogP contribution in [0.2, 0.25) is 0 Å². The summed E-state index contributed by atoms with van der Waals surface area (Å²) in [6, 6.07) is 19.1. The lowest BCUT2D eigenvalue weighted by atomic mass is 10.0. The van der Waals surface area contributed by atoms with Crippen LogP contribution in [0, 0.1) is 17.1 Å². The van der Waals surface area contributed by atoms with Crippen LogP contribution in [0.1, 0.15) is 11.1 Å². The number of allylic oxidation sites excluding steroid dienone is 1. The summed E-state index contributed by atoms with van der Waals surface area (Å²) in [6.07, 6.45) is 3.27. The fraction of sp³-hybridized carbons (Fsp3) is 0.0476. The van der Waals surface area contributed by atoms with E-state index in [1.54, 1.807) is 37.7 Å². The number of nitriles is 1. The standard InChI is InChI=1S/C21H16FN3O/c1-26-19-10-8-18(9-11-19)25-21(15-4-6-17(22)7-5-15)20(13-23)16-3-2-12-24-14-16/h2-12,14,25H,1H3/b21-20+. The Morgan fingerprint density at radius 2 is 1.77 bits per heavy atom. The quantitative estimate of drug-likeness (QED) is 0.679. The number of nitrogens with one attached hydrogen (secondary N) is 1. The molecule has 26 heavy (non-hydrogen) atoms. The van der Waals surface area contributed by atoms with Gasteiger partial charge in [-0.1, -0.05) is 6.07 Å². The van der Waals surface area contributed by atoms with Crippen LogP contribution in [0.5, 0.6) is 5.75 Å². The molecule has 0 aliphatic heterocycles. The summed E-state index contributed by atoms with van der Waals surface area (Å²) in [4.78, 5) is 4.08. The molecule has 0 fully saturated rings. The van der Waals surface area contributed by atoms with E-state index in [2.05, 4.69) is 16.4 Å². The van der Waals surface area contributed by atoms with Gasteiger partial charge in [0.25, 0.3) is 0 Å². The van der Waals surface area contributed by atoms with Crippen molar-refractivity contribution in [1.29, 1.82) is 5.26 Å². The number of hydrogen-bond donors (Lipinski definition) is 1. The van der Waals surface area contributed by atoms with Crippen molar-refractivity contribution in [3.8, 4) is 11.8 Å². The highest BCUT2D eigenvalue weighted by atomic mass is 19.1. The molecular weight excluding hydrogens is 329 g/mol. The molecule has 0 aliphatic rings. The molecular formula is C21H16FN3O. The molecule has 1 aromatic heterocycles. The smallest absolute Gasteiger partial charge is 0.123 e. The highest BCUT2D eigenvalue weighted by Gasteiger charge is 2.13. The van der Waals surface area contributed by atoms with Crippen LogP contribution in [0.3, 0.4) is 0 Å². The van der Waals surface area contributed by atoms with Gasteiger partial charge in [-0.25, -0.2) is 4.39 Å². The van der Waals surface area contributed by atoms with Crippen LogP contribution in [-0.4, -0.2) is 12.1 Å². The molecule has 0 unspecified atom stereocenters. The molecule has 0 bridgehead atoms. The Hall–Kier alpha value is -3.65. The summed E-state index contributed by atoms with van der Waals surface area (Å²) in [5, 5.41) is 13.0. The molecule has 3 aromatic rings. The van der Waals surface area contributed by atoms with Gasteiger partial charge < -0.3 is 10.1 Å². The molecule has 4 nitrogen and oxygen atoms in total. The van der Waals surface area contributed by atoms with Crippen molar-refractivity contribution >= 4 is 17.0 Å². The highest BCUT2D eigenvalue weighted by Crippen LogP contribution is 2.28. The number of rotatable bonds is 5. The molecule has 0 atom stereocenters. The first kappa shape index (κ1) is 17.2. The second-order valence-corrected chi connectivity index (χ2v) is 5.46. The van der Waals surface area contributed by atoms with Crippen molar-refractivity contribution in [3.63, 3.8) is 0 Å². The van der Waals surface area contributed by atoms with E-state index in [1.165, 1.54) is 12.1 Å². The van der Waals surface area contributed by atoms with Crippen molar-refractivity contribution < 1.29 is 9.13 Å². The third-order valence-electron chi connectivity index (χ3n) is 3.80. The molecule has 1 N–H and O–H groups in total. The van der Waals surface area contributed by atoms with Gasteiger partial charge in [0, 0.05) is 23.6 Å². The van der Waals surface area contributed by atoms with Crippen LogP contribution in [0.25, 0.3) is 11.3 Å². The summed E-state index contributed by atoms with van der Waals surface area (Å²) in [5.41, 5.74) is 3.14. The first-order valence-corrected chi connectivity index (χ1v) is 7.93. The monoisotopic (exact) mass is 345 g/mol. The van der Waals surface area contributed by atoms with E-state index in [1.807, 2.05) is 30.3 Å². The van der Waals surface area contributed by atoms with E-state index in [9.17, 15) is 9.65 Å². The third-order valence-corrected chi connectivity index (χ3v) is 3.80. The molecule has 0 aliphatic carbocycles. The van der Waals surface area contributed by atoms with Gasteiger partial charge in [-0.15, -0.1) is 0 Å². The van der Waals surface area contributed by atoms with Crippen LogP contribution >= 0.6 is 0 Å². The largest absolute Gasteiger partial charge is 0.497 e. The summed E-state index contributed by atoms with van der Waals surface area (Å²) in [6.45, 7) is 0. The molecule has 0 saturated carbocycles. The molecule has 0 spiro atoms. The molecule has 0 amide bonds. The second-order valence-electron chi connectivity index (χ2n) is 5.46. The summed E-state index contributed by atoms with van der Waals surface area (Å²) in [5.74, 6) is 0.396. The molecule has 0 radical (unpaired) electrons. The van der Waals surface area contributed by atoms with Gasteiger partial charge in [0.1, 0.15) is 17.6 Å². The predicted molar refractivity (Wildman–Crippen MR) is 99.7 cm³/mol. The Morgan fingerprint density at radius 3 is 2.35 bits per heavy atom. The van der Waals surface area contributed by atoms with E-state index >= 15 is 0 Å². The fourth-order valence-electron chi connectivity index (χ4n) is 2.49. The number of halogens is 1. The Balaban J connectivity index is 2.10. The van der Waals surface area contributed by atoms with Crippen LogP contribution < -0.4 is 10.1 Å². The number of aromatic nitrogens is 1. The van der Waals surface area contributed by atoms with E-state index < -0.39 is 0 Å². The normalized spacial score (nSPS) is 11.3. The van der Waals surface area contributed by atoms with Crippen LogP contribution in [0.15, 0.2) is 73.1 Å². The van der Waals surface area contributed by atoms with Crippen molar-refractivity contribution in [2.75, 3.05) is 12.4 Å². The molecule has 2 aromatic carbocycles. The Bertz CT molecular complexity index is 943. The lowest BCUT2D eigenvalue weighted by Crippen LogP contribution is -2.03. The zero-order valence-electron chi connectivity index (χ0n) is 14.1. The number of nitrogens with zero attached hydrogens (tertiary/aromatic N) is 2. The van der Waals surface area contributed by atoms with E-state index in [4.69, 9.17) is 4.74 Å². The Labute approximate surface area is 151 Å². The predicted octanol–water partition coefficient (Wildman–Crippen LogP) is 4.73. The second kappa shape index (κ2) is 7.95. The van der Waals surface area contributed by atoms with Crippen molar-refractivity contribution in [2.24, 2.45) is 0 Å². The van der Waals surface area contributed by atoms with Crippen molar-refractivity contribution in [2.45, 2.75) is 0 Å². The minimum atomic E-state index is -0.336. The fourth-order valence-corrected chi connectivity index (χ4v) is 2.49. The van der Waals surface area contributed by atoms with Crippen molar-refractivity contribution in [3.05, 3.63) is 90.0 Å². The third kappa shape index (κ3) is 3.87. The minimum Gasteiger partial charge on any atom is -0.497 e. The molecule has 0 saturated heterocycles. The molecule has 5 heteroatoms. The maximum atomic E-state index is 13.3. The van der Waals surface area contributed by atoms with Gasteiger partial charge in [0.2, 0.25) is 0 Å². The number of hydrogen-bond acceptors (Lipinski definition) is 4. The van der Waals surface area contributed by atoms with Crippen LogP contribution in [0.4, 0.5) is 10.1 Å². The van der Waals surface area contributed by atoms with Crippen molar-refractivity contribution in [1.82, 2.24) is 4.98 Å². The molecule has 1 heterocycles. The van der Waals surface area contributed by atoms with Gasteiger partial charge >= 0.3 is 0 Å². The molecule has 128 valence electrons. The average Bonchev–Trinajstić information content (AvgIpc) is 2.70. The SMILES string of the molecule is COc1ccc(N/C(=C(\C#N)c2cccnc2)c2ccc(F)cc2)cc1. The van der Waals surface area contributed by atoms with Gasteiger partial charge in [0.05, 0.1) is 18.4 Å². The van der Waals surface area contributed by atoms with Gasteiger partial charge in [0.15, 0.2) is 0 Å². The maximum absolute atomic E-state index is 13.3. The summed E-state index contributed by atoms with van der Waals surface area (Å²) >= 11 is 0.